The number of nitrogens with two attached hydrogens (primary N) is 1. The van der Waals surface area contributed by atoms with Crippen molar-refractivity contribution in [2.75, 3.05) is 6.54 Å². The fourth-order valence-electron chi connectivity index (χ4n) is 1.28. The number of phenols is 1. The highest BCUT2D eigenvalue weighted by Crippen LogP contribution is 2.30. The SMILES string of the molecule is NCC(Cc1ccccc1O)C(F)(F)F. The Labute approximate surface area is 85.5 Å². The molecule has 0 spiro atoms. The first-order chi connectivity index (χ1) is 6.95. The van der Waals surface area contributed by atoms with Gasteiger partial charge >= 0.3 is 6.18 Å². The van der Waals surface area contributed by atoms with Gasteiger partial charge < -0.3 is 10.8 Å². The Morgan fingerprint density at radius 2 is 1.87 bits per heavy atom. The van der Waals surface area contributed by atoms with E-state index in [1.807, 2.05) is 0 Å². The van der Waals surface area contributed by atoms with Gasteiger partial charge in [0.2, 0.25) is 0 Å². The van der Waals surface area contributed by atoms with Crippen LogP contribution in [0, 0.1) is 5.92 Å². The molecule has 0 heterocycles. The zero-order valence-electron chi connectivity index (χ0n) is 7.96. The lowest BCUT2D eigenvalue weighted by Crippen LogP contribution is -2.31. The van der Waals surface area contributed by atoms with E-state index in [0.29, 0.717) is 0 Å². The second-order valence-corrected chi connectivity index (χ2v) is 3.31. The van der Waals surface area contributed by atoms with Gasteiger partial charge in [-0.25, -0.2) is 0 Å². The van der Waals surface area contributed by atoms with Gasteiger partial charge in [0.15, 0.2) is 0 Å². The molecule has 15 heavy (non-hydrogen) atoms. The molecule has 1 aromatic rings. The Morgan fingerprint density at radius 3 is 2.33 bits per heavy atom. The smallest absolute Gasteiger partial charge is 0.393 e. The van der Waals surface area contributed by atoms with Crippen LogP contribution in [0.5, 0.6) is 5.75 Å². The molecule has 84 valence electrons. The van der Waals surface area contributed by atoms with Crippen molar-refractivity contribution in [3.63, 3.8) is 0 Å². The molecule has 0 fully saturated rings. The maximum atomic E-state index is 12.4. The third kappa shape index (κ3) is 3.13. The first kappa shape index (κ1) is 11.8. The Balaban J connectivity index is 2.80. The minimum absolute atomic E-state index is 0.125. The van der Waals surface area contributed by atoms with Gasteiger partial charge in [-0.1, -0.05) is 18.2 Å². The number of para-hydroxylation sites is 1. The van der Waals surface area contributed by atoms with Crippen molar-refractivity contribution in [2.45, 2.75) is 12.6 Å². The molecular weight excluding hydrogens is 207 g/mol. The van der Waals surface area contributed by atoms with E-state index in [-0.39, 0.29) is 17.7 Å². The second-order valence-electron chi connectivity index (χ2n) is 3.31. The largest absolute Gasteiger partial charge is 0.508 e. The summed E-state index contributed by atoms with van der Waals surface area (Å²) in [6.45, 7) is -0.474. The van der Waals surface area contributed by atoms with Crippen LogP contribution in [0.4, 0.5) is 13.2 Å². The number of hydrogen-bond acceptors (Lipinski definition) is 2. The van der Waals surface area contributed by atoms with Crippen LogP contribution in [0.25, 0.3) is 0 Å². The van der Waals surface area contributed by atoms with Crippen molar-refractivity contribution < 1.29 is 18.3 Å². The average Bonchev–Trinajstić information content (AvgIpc) is 2.14. The van der Waals surface area contributed by atoms with E-state index in [4.69, 9.17) is 5.73 Å². The highest BCUT2D eigenvalue weighted by Gasteiger charge is 2.38. The van der Waals surface area contributed by atoms with Crippen LogP contribution < -0.4 is 5.73 Å². The van der Waals surface area contributed by atoms with Gasteiger partial charge in [-0.05, 0) is 18.1 Å². The van der Waals surface area contributed by atoms with Crippen LogP contribution in [0.15, 0.2) is 24.3 Å². The molecule has 0 radical (unpaired) electrons. The third-order valence-corrected chi connectivity index (χ3v) is 2.21. The molecule has 1 rings (SSSR count). The molecule has 0 aliphatic carbocycles. The Kier molecular flexibility index (Phi) is 3.57. The summed E-state index contributed by atoms with van der Waals surface area (Å²) in [5.41, 5.74) is 5.32. The van der Waals surface area contributed by atoms with Gasteiger partial charge in [0.05, 0.1) is 5.92 Å². The minimum Gasteiger partial charge on any atom is -0.508 e. The molecule has 0 saturated heterocycles. The zero-order chi connectivity index (χ0) is 11.5. The van der Waals surface area contributed by atoms with Crippen molar-refractivity contribution >= 4 is 0 Å². The van der Waals surface area contributed by atoms with E-state index < -0.39 is 18.6 Å². The Hall–Kier alpha value is -1.23. The number of aromatic hydroxyl groups is 1. The first-order valence-electron chi connectivity index (χ1n) is 4.48. The van der Waals surface area contributed by atoms with E-state index in [1.54, 1.807) is 12.1 Å². The summed E-state index contributed by atoms with van der Waals surface area (Å²) in [6, 6.07) is 5.96. The van der Waals surface area contributed by atoms with Crippen molar-refractivity contribution in [3.05, 3.63) is 29.8 Å². The predicted molar refractivity (Wildman–Crippen MR) is 50.4 cm³/mol. The first-order valence-corrected chi connectivity index (χ1v) is 4.48. The predicted octanol–water partition coefficient (Wildman–Crippen LogP) is 2.07. The number of alkyl halides is 3. The van der Waals surface area contributed by atoms with Crippen molar-refractivity contribution in [1.29, 1.82) is 0 Å². The van der Waals surface area contributed by atoms with Gasteiger partial charge in [-0.2, -0.15) is 13.2 Å². The van der Waals surface area contributed by atoms with Gasteiger partial charge in [-0.3, -0.25) is 0 Å². The average molecular weight is 219 g/mol. The summed E-state index contributed by atoms with van der Waals surface area (Å²) in [5, 5.41) is 9.31. The van der Waals surface area contributed by atoms with Crippen LogP contribution in [0.2, 0.25) is 0 Å². The molecule has 5 heteroatoms. The number of rotatable bonds is 3. The van der Waals surface area contributed by atoms with Gasteiger partial charge in [0, 0.05) is 6.54 Å². The maximum Gasteiger partial charge on any atom is 0.393 e. The fourth-order valence-corrected chi connectivity index (χ4v) is 1.28. The molecule has 0 saturated carbocycles. The molecule has 2 nitrogen and oxygen atoms in total. The van der Waals surface area contributed by atoms with Crippen molar-refractivity contribution in [3.8, 4) is 5.75 Å². The summed E-state index contributed by atoms with van der Waals surface area (Å²) in [5.74, 6) is -1.73. The van der Waals surface area contributed by atoms with Gasteiger partial charge in [-0.15, -0.1) is 0 Å². The molecule has 1 atom stereocenters. The van der Waals surface area contributed by atoms with Crippen LogP contribution >= 0.6 is 0 Å². The van der Waals surface area contributed by atoms with E-state index >= 15 is 0 Å². The molecule has 0 aliphatic rings. The lowest BCUT2D eigenvalue weighted by Gasteiger charge is -2.18. The Bertz CT molecular complexity index is 325. The van der Waals surface area contributed by atoms with Crippen LogP contribution in [0.1, 0.15) is 5.56 Å². The molecule has 1 unspecified atom stereocenters. The zero-order valence-corrected chi connectivity index (χ0v) is 7.96. The van der Waals surface area contributed by atoms with E-state index in [9.17, 15) is 18.3 Å². The summed E-state index contributed by atoms with van der Waals surface area (Å²) in [4.78, 5) is 0. The highest BCUT2D eigenvalue weighted by molar-refractivity contribution is 5.32. The molecule has 3 N–H and O–H groups in total. The summed E-state index contributed by atoms with van der Waals surface area (Å²) >= 11 is 0. The molecule has 0 bridgehead atoms. The summed E-state index contributed by atoms with van der Waals surface area (Å²) in [7, 11) is 0. The number of benzene rings is 1. The van der Waals surface area contributed by atoms with Crippen LogP contribution in [-0.4, -0.2) is 17.8 Å². The molecule has 1 aromatic carbocycles. The molecule has 0 amide bonds. The topological polar surface area (TPSA) is 46.2 Å². The molecule has 0 aliphatic heterocycles. The third-order valence-electron chi connectivity index (χ3n) is 2.21. The Morgan fingerprint density at radius 1 is 1.27 bits per heavy atom. The summed E-state index contributed by atoms with van der Waals surface area (Å²) < 4.78 is 37.1. The number of halogens is 3. The number of phenolic OH excluding ortho intramolecular Hbond substituents is 1. The monoisotopic (exact) mass is 219 g/mol. The summed E-state index contributed by atoms with van der Waals surface area (Å²) in [6.07, 6.45) is -4.61. The lowest BCUT2D eigenvalue weighted by atomic mass is 9.98. The highest BCUT2D eigenvalue weighted by atomic mass is 19.4. The fraction of sp³-hybridized carbons (Fsp3) is 0.400. The standard InChI is InChI=1S/C10H12F3NO/c11-10(12,13)8(6-14)5-7-3-1-2-4-9(7)15/h1-4,8,15H,5-6,14H2. The van der Waals surface area contributed by atoms with Crippen molar-refractivity contribution in [1.82, 2.24) is 0 Å². The number of hydrogen-bond donors (Lipinski definition) is 2. The van der Waals surface area contributed by atoms with E-state index in [2.05, 4.69) is 0 Å². The second kappa shape index (κ2) is 4.53. The van der Waals surface area contributed by atoms with E-state index in [0.717, 1.165) is 0 Å². The van der Waals surface area contributed by atoms with E-state index in [1.165, 1.54) is 12.1 Å². The van der Waals surface area contributed by atoms with Crippen LogP contribution in [-0.2, 0) is 6.42 Å². The minimum atomic E-state index is -4.32. The quantitative estimate of drug-likeness (QED) is 0.817. The van der Waals surface area contributed by atoms with Gasteiger partial charge in [0.25, 0.3) is 0 Å². The molecule has 0 aromatic heterocycles. The lowest BCUT2D eigenvalue weighted by molar-refractivity contribution is -0.171. The van der Waals surface area contributed by atoms with Crippen LogP contribution in [0.3, 0.4) is 0 Å². The normalized spacial score (nSPS) is 13.9. The van der Waals surface area contributed by atoms with Gasteiger partial charge in [0.1, 0.15) is 5.75 Å². The molecular formula is C10H12F3NO. The maximum absolute atomic E-state index is 12.4. The van der Waals surface area contributed by atoms with Crippen molar-refractivity contribution in [2.24, 2.45) is 11.7 Å².